The summed E-state index contributed by atoms with van der Waals surface area (Å²) in [4.78, 5) is 21.3. The lowest BCUT2D eigenvalue weighted by molar-refractivity contribution is 0.0526. The monoisotopic (exact) mass is 367 g/mol. The first-order valence-corrected chi connectivity index (χ1v) is 9.25. The van der Waals surface area contributed by atoms with Crippen LogP contribution in [-0.2, 0) is 11.2 Å². The van der Waals surface area contributed by atoms with Crippen molar-refractivity contribution in [2.45, 2.75) is 46.6 Å². The molecule has 0 bridgehead atoms. The Morgan fingerprint density at radius 2 is 1.96 bits per heavy atom. The molecule has 3 rings (SSSR count). The zero-order valence-electron chi connectivity index (χ0n) is 16.2. The van der Waals surface area contributed by atoms with Gasteiger partial charge in [0.05, 0.1) is 12.0 Å². The van der Waals surface area contributed by atoms with Crippen molar-refractivity contribution < 1.29 is 13.9 Å². The highest BCUT2D eigenvalue weighted by Gasteiger charge is 2.24. The average molecular weight is 367 g/mol. The van der Waals surface area contributed by atoms with Gasteiger partial charge in [0.1, 0.15) is 23.0 Å². The molecule has 0 saturated carbocycles. The molecule has 2 aromatic heterocycles. The van der Waals surface area contributed by atoms with E-state index in [1.807, 2.05) is 18.2 Å². The minimum Gasteiger partial charge on any atom is -0.462 e. The molecule has 2 heterocycles. The molecule has 0 radical (unpaired) electrons. The van der Waals surface area contributed by atoms with Crippen molar-refractivity contribution in [1.82, 2.24) is 9.97 Å². The number of nitrogens with zero attached hydrogens (tertiary/aromatic N) is 2. The number of aryl methyl sites for hydroxylation is 3. The molecule has 142 valence electrons. The summed E-state index contributed by atoms with van der Waals surface area (Å²) < 4.78 is 10.9. The van der Waals surface area contributed by atoms with Crippen molar-refractivity contribution in [3.63, 3.8) is 0 Å². The fourth-order valence-corrected chi connectivity index (χ4v) is 3.11. The van der Waals surface area contributed by atoms with E-state index >= 15 is 0 Å². The Morgan fingerprint density at radius 3 is 2.67 bits per heavy atom. The van der Waals surface area contributed by atoms with Crippen LogP contribution in [0.1, 0.15) is 47.8 Å². The number of carbonyl (C=O) groups is 1. The van der Waals surface area contributed by atoms with Gasteiger partial charge < -0.3 is 14.5 Å². The number of carbonyl (C=O) groups excluding carboxylic acids is 1. The largest absolute Gasteiger partial charge is 0.462 e. The standard InChI is InChI=1S/C21H25N3O3/c1-5-26-21(25)17-14(3)27-20-18(17)19(23-15(4)24-20)22-13(2)11-12-16-9-7-6-8-10-16/h6-10,13H,5,11-12H2,1-4H3,(H,22,23,24)/t13-/m0/s1. The summed E-state index contributed by atoms with van der Waals surface area (Å²) in [6.07, 6.45) is 1.89. The smallest absolute Gasteiger partial charge is 0.342 e. The third kappa shape index (κ3) is 4.27. The molecule has 0 aliphatic rings. The predicted molar refractivity (Wildman–Crippen MR) is 105 cm³/mol. The van der Waals surface area contributed by atoms with E-state index in [1.54, 1.807) is 20.8 Å². The molecule has 6 nitrogen and oxygen atoms in total. The number of nitrogens with one attached hydrogen (secondary N) is 1. The first kappa shape index (κ1) is 18.9. The van der Waals surface area contributed by atoms with Gasteiger partial charge >= 0.3 is 5.97 Å². The first-order valence-electron chi connectivity index (χ1n) is 9.25. The summed E-state index contributed by atoms with van der Waals surface area (Å²) in [7, 11) is 0. The van der Waals surface area contributed by atoms with Gasteiger partial charge in [-0.3, -0.25) is 0 Å². The highest BCUT2D eigenvalue weighted by molar-refractivity contribution is 6.07. The second-order valence-electron chi connectivity index (χ2n) is 6.62. The van der Waals surface area contributed by atoms with E-state index in [2.05, 4.69) is 34.3 Å². The highest BCUT2D eigenvalue weighted by atomic mass is 16.5. The Hall–Kier alpha value is -2.89. The lowest BCUT2D eigenvalue weighted by Crippen LogP contribution is -2.18. The van der Waals surface area contributed by atoms with E-state index < -0.39 is 5.97 Å². The van der Waals surface area contributed by atoms with Crippen molar-refractivity contribution in [2.24, 2.45) is 0 Å². The molecular formula is C21H25N3O3. The molecule has 3 aromatic rings. The van der Waals surface area contributed by atoms with E-state index in [9.17, 15) is 4.79 Å². The van der Waals surface area contributed by atoms with Gasteiger partial charge in [-0.15, -0.1) is 0 Å². The van der Waals surface area contributed by atoms with Crippen LogP contribution in [0.25, 0.3) is 11.1 Å². The molecule has 0 aliphatic carbocycles. The van der Waals surface area contributed by atoms with Gasteiger partial charge in [0.15, 0.2) is 0 Å². The van der Waals surface area contributed by atoms with Crippen LogP contribution in [0.5, 0.6) is 0 Å². The Balaban J connectivity index is 1.87. The maximum Gasteiger partial charge on any atom is 0.342 e. The normalized spacial score (nSPS) is 12.1. The quantitative estimate of drug-likeness (QED) is 0.622. The van der Waals surface area contributed by atoms with E-state index in [0.717, 1.165) is 12.8 Å². The van der Waals surface area contributed by atoms with Crippen LogP contribution in [0.2, 0.25) is 0 Å². The van der Waals surface area contributed by atoms with E-state index in [-0.39, 0.29) is 6.04 Å². The lowest BCUT2D eigenvalue weighted by atomic mass is 10.1. The molecule has 1 atom stereocenters. The SMILES string of the molecule is CCOC(=O)c1c(C)oc2nc(C)nc(N[C@@H](C)CCc3ccccc3)c12. The molecule has 0 saturated heterocycles. The molecule has 0 amide bonds. The molecule has 27 heavy (non-hydrogen) atoms. The number of hydrogen-bond donors (Lipinski definition) is 1. The van der Waals surface area contributed by atoms with Gasteiger partial charge in [-0.05, 0) is 46.1 Å². The van der Waals surface area contributed by atoms with Gasteiger partial charge in [0, 0.05) is 6.04 Å². The molecule has 0 fully saturated rings. The van der Waals surface area contributed by atoms with Crippen molar-refractivity contribution in [1.29, 1.82) is 0 Å². The van der Waals surface area contributed by atoms with Crippen LogP contribution in [0, 0.1) is 13.8 Å². The Bertz CT molecular complexity index is 935. The molecule has 6 heteroatoms. The van der Waals surface area contributed by atoms with E-state index in [0.29, 0.717) is 40.7 Å². The number of rotatable bonds is 7. The summed E-state index contributed by atoms with van der Waals surface area (Å²) in [5.74, 6) is 1.27. The number of benzene rings is 1. The fraction of sp³-hybridized carbons (Fsp3) is 0.381. The number of esters is 1. The Labute approximate surface area is 159 Å². The number of furan rings is 1. The average Bonchev–Trinajstić information content (AvgIpc) is 2.97. The number of hydrogen-bond acceptors (Lipinski definition) is 6. The van der Waals surface area contributed by atoms with Crippen LogP contribution in [-0.4, -0.2) is 28.6 Å². The maximum absolute atomic E-state index is 12.4. The van der Waals surface area contributed by atoms with Crippen LogP contribution in [0.4, 0.5) is 5.82 Å². The molecule has 0 aliphatic heterocycles. The van der Waals surface area contributed by atoms with Gasteiger partial charge in [-0.2, -0.15) is 4.98 Å². The number of fused-ring (bicyclic) bond motifs is 1. The van der Waals surface area contributed by atoms with Crippen molar-refractivity contribution in [3.05, 3.63) is 53.0 Å². The van der Waals surface area contributed by atoms with Gasteiger partial charge in [-0.1, -0.05) is 30.3 Å². The minimum absolute atomic E-state index is 0.160. The van der Waals surface area contributed by atoms with Crippen LogP contribution in [0.15, 0.2) is 34.7 Å². The van der Waals surface area contributed by atoms with E-state index in [1.165, 1.54) is 5.56 Å². The highest BCUT2D eigenvalue weighted by Crippen LogP contribution is 2.31. The second-order valence-corrected chi connectivity index (χ2v) is 6.62. The third-order valence-corrected chi connectivity index (χ3v) is 4.41. The number of anilines is 1. The van der Waals surface area contributed by atoms with Gasteiger partial charge in [0.2, 0.25) is 5.71 Å². The molecule has 1 aromatic carbocycles. The summed E-state index contributed by atoms with van der Waals surface area (Å²) in [5, 5.41) is 4.01. The Morgan fingerprint density at radius 1 is 1.22 bits per heavy atom. The third-order valence-electron chi connectivity index (χ3n) is 4.41. The zero-order valence-corrected chi connectivity index (χ0v) is 16.2. The predicted octanol–water partition coefficient (Wildman–Crippen LogP) is 4.45. The maximum atomic E-state index is 12.4. The summed E-state index contributed by atoms with van der Waals surface area (Å²) in [5.41, 5.74) is 2.09. The molecular weight excluding hydrogens is 342 g/mol. The summed E-state index contributed by atoms with van der Waals surface area (Å²) in [6.45, 7) is 7.73. The van der Waals surface area contributed by atoms with Crippen molar-refractivity contribution >= 4 is 22.9 Å². The van der Waals surface area contributed by atoms with Gasteiger partial charge in [0.25, 0.3) is 0 Å². The van der Waals surface area contributed by atoms with Crippen LogP contribution >= 0.6 is 0 Å². The molecule has 0 unspecified atom stereocenters. The number of aromatic nitrogens is 2. The van der Waals surface area contributed by atoms with Crippen LogP contribution < -0.4 is 5.32 Å². The second kappa shape index (κ2) is 8.20. The summed E-state index contributed by atoms with van der Waals surface area (Å²) in [6, 6.07) is 10.5. The zero-order chi connectivity index (χ0) is 19.4. The van der Waals surface area contributed by atoms with Crippen molar-refractivity contribution in [2.75, 3.05) is 11.9 Å². The van der Waals surface area contributed by atoms with E-state index in [4.69, 9.17) is 9.15 Å². The Kier molecular flexibility index (Phi) is 5.74. The van der Waals surface area contributed by atoms with Crippen LogP contribution in [0.3, 0.4) is 0 Å². The fourth-order valence-electron chi connectivity index (χ4n) is 3.11. The summed E-state index contributed by atoms with van der Waals surface area (Å²) >= 11 is 0. The van der Waals surface area contributed by atoms with Crippen molar-refractivity contribution in [3.8, 4) is 0 Å². The first-order chi connectivity index (χ1) is 13.0. The molecule has 0 spiro atoms. The number of ether oxygens (including phenoxy) is 1. The topological polar surface area (TPSA) is 77.2 Å². The van der Waals surface area contributed by atoms with Gasteiger partial charge in [-0.25, -0.2) is 9.78 Å². The minimum atomic E-state index is -0.416. The molecule has 1 N–H and O–H groups in total. The lowest BCUT2D eigenvalue weighted by Gasteiger charge is -2.16.